The Kier molecular flexibility index (Phi) is 9.98. The highest BCUT2D eigenvalue weighted by molar-refractivity contribution is 9.10. The molecule has 0 fully saturated rings. The predicted molar refractivity (Wildman–Crippen MR) is 286 cm³/mol. The molecule has 2 heterocycles. The minimum Gasteiger partial charge on any atom is -0.309 e. The molecule has 0 aliphatic rings. The van der Waals surface area contributed by atoms with Crippen molar-refractivity contribution < 1.29 is 0 Å². The Morgan fingerprint density at radius 2 is 0.692 bits per heavy atom. The van der Waals surface area contributed by atoms with Crippen LogP contribution in [0, 0.1) is 0 Å². The molecule has 2 aromatic heterocycles. The van der Waals surface area contributed by atoms with Gasteiger partial charge in [-0.1, -0.05) is 162 Å². The number of halogens is 1. The van der Waals surface area contributed by atoms with E-state index < -0.39 is 0 Å². The zero-order valence-corrected chi connectivity index (χ0v) is 41.8. The second kappa shape index (κ2) is 15.1. The van der Waals surface area contributed by atoms with Crippen molar-refractivity contribution in [1.82, 2.24) is 9.13 Å². The molecule has 0 bridgehead atoms. The predicted octanol–water partition coefficient (Wildman–Crippen LogP) is 18.3. The molecule has 0 saturated heterocycles. The van der Waals surface area contributed by atoms with Crippen molar-refractivity contribution in [2.24, 2.45) is 0 Å². The molecule has 0 atom stereocenters. The van der Waals surface area contributed by atoms with Crippen LogP contribution in [0.4, 0.5) is 0 Å². The Morgan fingerprint density at radius 3 is 1.09 bits per heavy atom. The maximum atomic E-state index is 4.24. The van der Waals surface area contributed by atoms with Gasteiger partial charge in [0, 0.05) is 31.6 Å². The van der Waals surface area contributed by atoms with Gasteiger partial charge in [-0.3, -0.25) is 0 Å². The average molecular weight is 914 g/mol. The summed E-state index contributed by atoms with van der Waals surface area (Å²) in [6.45, 7) is 27.8. The third-order valence-electron chi connectivity index (χ3n) is 13.8. The minimum atomic E-state index is 0.00189. The molecule has 0 amide bonds. The zero-order chi connectivity index (χ0) is 46.0. The van der Waals surface area contributed by atoms with Crippen LogP contribution in [0.25, 0.3) is 88.0 Å². The number of benzene rings is 8. The van der Waals surface area contributed by atoms with Crippen molar-refractivity contribution in [3.05, 3.63) is 178 Å². The van der Waals surface area contributed by atoms with Crippen LogP contribution in [0.15, 0.2) is 156 Å². The number of aromatic nitrogens is 2. The number of fused-ring (bicyclic) bond motifs is 7. The molecule has 0 saturated carbocycles. The van der Waals surface area contributed by atoms with Crippen molar-refractivity contribution in [3.63, 3.8) is 0 Å². The first kappa shape index (κ1) is 43.0. The summed E-state index contributed by atoms with van der Waals surface area (Å²) < 4.78 is 6.08. The van der Waals surface area contributed by atoms with Gasteiger partial charge in [-0.25, -0.2) is 0 Å². The lowest BCUT2D eigenvalue weighted by Crippen LogP contribution is -2.10. The van der Waals surface area contributed by atoms with E-state index >= 15 is 0 Å². The second-order valence-corrected chi connectivity index (χ2v) is 23.4. The fraction of sp³-hybridized carbons (Fsp3) is 0.258. The number of rotatable bonds is 4. The molecule has 10 aromatic rings. The highest BCUT2D eigenvalue weighted by Gasteiger charge is 2.26. The molecule has 0 N–H and O–H groups in total. The largest absolute Gasteiger partial charge is 0.309 e. The molecule has 8 aromatic carbocycles. The lowest BCUT2D eigenvalue weighted by Gasteiger charge is -2.21. The number of nitrogens with zero attached hydrogens (tertiary/aromatic N) is 2. The van der Waals surface area contributed by atoms with E-state index in [0.29, 0.717) is 0 Å². The summed E-state index contributed by atoms with van der Waals surface area (Å²) >= 11 is 4.24. The highest BCUT2D eigenvalue weighted by atomic mass is 79.9. The fourth-order valence-electron chi connectivity index (χ4n) is 9.79. The van der Waals surface area contributed by atoms with Crippen LogP contribution in [-0.2, 0) is 21.7 Å². The van der Waals surface area contributed by atoms with E-state index in [1.165, 1.54) is 98.9 Å². The van der Waals surface area contributed by atoms with Gasteiger partial charge < -0.3 is 9.13 Å². The Bertz CT molecular complexity index is 3370. The molecule has 0 spiro atoms. The molecule has 3 heteroatoms. The Morgan fingerprint density at radius 1 is 0.323 bits per heavy atom. The Hall–Kier alpha value is -5.90. The molecule has 65 heavy (non-hydrogen) atoms. The van der Waals surface area contributed by atoms with Crippen LogP contribution in [0.2, 0.25) is 0 Å². The topological polar surface area (TPSA) is 9.86 Å². The SMILES string of the molecule is CC(C)(C)c1ccc2c(c1)c1cc(C(C)(C)C)ccc1n2-c1cc(-n2c3ccc(C(C)(C)C)cc3c3cc(C(C)(C)C)ccc32)c(-c2ccc3cc(-c4ccccc4)ccc3c2)cc1Br. The maximum Gasteiger partial charge on any atom is 0.0625 e. The third-order valence-corrected chi connectivity index (χ3v) is 14.4. The lowest BCUT2D eigenvalue weighted by atomic mass is 9.85. The van der Waals surface area contributed by atoms with Gasteiger partial charge >= 0.3 is 0 Å². The van der Waals surface area contributed by atoms with E-state index in [4.69, 9.17) is 0 Å². The van der Waals surface area contributed by atoms with Gasteiger partial charge in [-0.15, -0.1) is 0 Å². The molecule has 0 aliphatic heterocycles. The van der Waals surface area contributed by atoms with E-state index in [1.54, 1.807) is 0 Å². The van der Waals surface area contributed by atoms with Crippen LogP contribution < -0.4 is 0 Å². The molecule has 10 rings (SSSR count). The lowest BCUT2D eigenvalue weighted by molar-refractivity contribution is 0.590. The van der Waals surface area contributed by atoms with Crippen LogP contribution in [0.1, 0.15) is 105 Å². The second-order valence-electron chi connectivity index (χ2n) is 22.6. The Labute approximate surface area is 394 Å². The summed E-state index contributed by atoms with van der Waals surface area (Å²) in [5, 5.41) is 7.56. The van der Waals surface area contributed by atoms with Gasteiger partial charge in [0.15, 0.2) is 0 Å². The van der Waals surface area contributed by atoms with Gasteiger partial charge in [-0.05, 0) is 160 Å². The maximum absolute atomic E-state index is 4.24. The van der Waals surface area contributed by atoms with Crippen LogP contribution >= 0.6 is 15.9 Å². The molecule has 326 valence electrons. The van der Waals surface area contributed by atoms with Gasteiger partial charge in [0.2, 0.25) is 0 Å². The van der Waals surface area contributed by atoms with Crippen molar-refractivity contribution >= 4 is 70.3 Å². The van der Waals surface area contributed by atoms with Gasteiger partial charge in [-0.2, -0.15) is 0 Å². The summed E-state index contributed by atoms with van der Waals surface area (Å²) in [6.07, 6.45) is 0. The van der Waals surface area contributed by atoms with Crippen LogP contribution in [0.5, 0.6) is 0 Å². The highest BCUT2D eigenvalue weighted by Crippen LogP contribution is 2.45. The summed E-state index contributed by atoms with van der Waals surface area (Å²) in [5.74, 6) is 0. The van der Waals surface area contributed by atoms with Crippen LogP contribution in [0.3, 0.4) is 0 Å². The van der Waals surface area contributed by atoms with E-state index in [9.17, 15) is 0 Å². The summed E-state index contributed by atoms with van der Waals surface area (Å²) in [4.78, 5) is 0. The first-order valence-electron chi connectivity index (χ1n) is 23.3. The number of hydrogen-bond donors (Lipinski definition) is 0. The fourth-order valence-corrected chi connectivity index (χ4v) is 10.3. The molecule has 0 aliphatic carbocycles. The first-order valence-corrected chi connectivity index (χ1v) is 24.1. The van der Waals surface area contributed by atoms with Crippen molar-refractivity contribution in [2.45, 2.75) is 105 Å². The quantitative estimate of drug-likeness (QED) is 0.166. The van der Waals surface area contributed by atoms with Gasteiger partial charge in [0.25, 0.3) is 0 Å². The normalized spacial score (nSPS) is 13.0. The van der Waals surface area contributed by atoms with Gasteiger partial charge in [0.05, 0.1) is 33.4 Å². The molecule has 2 nitrogen and oxygen atoms in total. The standard InChI is InChI=1S/C62H61BrN2/c1-59(2,3)43-22-26-53-48(32-43)49-33-44(60(4,5)6)23-27-54(49)64(53)57-37-58(52(63)36-47(57)42-21-20-40-30-39(18-19-41(40)31-42)38-16-14-13-15-17-38)65-55-28-24-45(61(7,8)9)34-50(55)51-35-46(62(10,11)12)25-29-56(51)65/h13-37H,1-12H3. The van der Waals surface area contributed by atoms with Crippen molar-refractivity contribution in [2.75, 3.05) is 0 Å². The van der Waals surface area contributed by atoms with Crippen LogP contribution in [-0.4, -0.2) is 9.13 Å². The van der Waals surface area contributed by atoms with Crippen molar-refractivity contribution in [3.8, 4) is 33.6 Å². The first-order chi connectivity index (χ1) is 30.6. The average Bonchev–Trinajstić information content (AvgIpc) is 3.76. The summed E-state index contributed by atoms with van der Waals surface area (Å²) in [7, 11) is 0. The number of hydrogen-bond acceptors (Lipinski definition) is 0. The smallest absolute Gasteiger partial charge is 0.0625 e. The Balaban J connectivity index is 1.30. The molecular weight excluding hydrogens is 853 g/mol. The van der Waals surface area contributed by atoms with E-state index in [-0.39, 0.29) is 21.7 Å². The van der Waals surface area contributed by atoms with E-state index in [2.05, 4.69) is 260 Å². The zero-order valence-electron chi connectivity index (χ0n) is 40.2. The summed E-state index contributed by atoms with van der Waals surface area (Å²) in [6, 6.07) is 57.9. The van der Waals surface area contributed by atoms with Crippen molar-refractivity contribution in [1.29, 1.82) is 0 Å². The molecule has 0 unspecified atom stereocenters. The molecular formula is C62H61BrN2. The van der Waals surface area contributed by atoms with E-state index in [1.807, 2.05) is 0 Å². The summed E-state index contributed by atoms with van der Waals surface area (Å²) in [5.41, 5.74) is 17.2. The third kappa shape index (κ3) is 7.50. The monoisotopic (exact) mass is 912 g/mol. The molecule has 0 radical (unpaired) electrons. The minimum absolute atomic E-state index is 0.00189. The van der Waals surface area contributed by atoms with E-state index in [0.717, 1.165) is 15.8 Å². The van der Waals surface area contributed by atoms with Gasteiger partial charge in [0.1, 0.15) is 0 Å².